The number of hydrogen-bond acceptors (Lipinski definition) is 8. The minimum absolute atomic E-state index is 0. The third kappa shape index (κ3) is 5.43. The first-order valence-corrected chi connectivity index (χ1v) is 11.4. The molecule has 9 nitrogen and oxygen atoms in total. The first-order valence-electron chi connectivity index (χ1n) is 11.4. The van der Waals surface area contributed by atoms with Crippen LogP contribution in [0.5, 0.6) is 17.2 Å². The molecule has 0 aliphatic carbocycles. The Hall–Kier alpha value is -2.88. The number of aromatic nitrogens is 3. The normalized spacial score (nSPS) is 16.3. The van der Waals surface area contributed by atoms with E-state index in [2.05, 4.69) is 20.2 Å². The highest BCUT2D eigenvalue weighted by molar-refractivity contribution is 5.85. The third-order valence-electron chi connectivity index (χ3n) is 6.33. The van der Waals surface area contributed by atoms with Crippen LogP contribution in [0.1, 0.15) is 18.5 Å². The van der Waals surface area contributed by atoms with E-state index in [1.54, 1.807) is 36.2 Å². The second kappa shape index (κ2) is 11.0. The molecule has 1 saturated heterocycles. The smallest absolute Gasteiger partial charge is 0.251 e. The van der Waals surface area contributed by atoms with Gasteiger partial charge in [0.2, 0.25) is 0 Å². The lowest BCUT2D eigenvalue weighted by molar-refractivity contribution is 0.170. The van der Waals surface area contributed by atoms with Crippen LogP contribution in [0.4, 0.5) is 0 Å². The van der Waals surface area contributed by atoms with E-state index in [0.29, 0.717) is 38.1 Å². The molecule has 0 bridgehead atoms. The first kappa shape index (κ1) is 24.3. The standard InChI is InChI=1S/C24H29N5O4.ClH/c1-31-19-13-21-20(27-15-19)2-3-24(30)29(21)9-8-28-6-4-17(5-7-28)25-14-18-12-22-23(16-26-18)33-11-10-32-22;/h2-3,12-13,15-17,25H,4-11,14H2,1H3;1H. The molecular weight excluding hydrogens is 458 g/mol. The Balaban J connectivity index is 0.00000274. The van der Waals surface area contributed by atoms with E-state index < -0.39 is 0 Å². The molecule has 3 aromatic rings. The molecule has 0 atom stereocenters. The number of nitrogens with zero attached hydrogens (tertiary/aromatic N) is 4. The van der Waals surface area contributed by atoms with Crippen molar-refractivity contribution >= 4 is 23.4 Å². The molecule has 0 radical (unpaired) electrons. The fraction of sp³-hybridized carbons (Fsp3) is 0.458. The number of rotatable bonds is 7. The van der Waals surface area contributed by atoms with Crippen molar-refractivity contribution in [3.63, 3.8) is 0 Å². The molecule has 182 valence electrons. The fourth-order valence-electron chi connectivity index (χ4n) is 4.43. The van der Waals surface area contributed by atoms with E-state index in [1.165, 1.54) is 0 Å². The SMILES string of the molecule is COc1cnc2ccc(=O)n(CCN3CCC(NCc4cc5c(cn4)OCCO5)CC3)c2c1.Cl. The van der Waals surface area contributed by atoms with Gasteiger partial charge >= 0.3 is 0 Å². The van der Waals surface area contributed by atoms with Gasteiger partial charge in [0, 0.05) is 43.9 Å². The Morgan fingerprint density at radius 2 is 1.85 bits per heavy atom. The van der Waals surface area contributed by atoms with Crippen LogP contribution in [-0.4, -0.2) is 65.4 Å². The first-order chi connectivity index (χ1) is 16.2. The Labute approximate surface area is 204 Å². The lowest BCUT2D eigenvalue weighted by atomic mass is 10.0. The lowest BCUT2D eigenvalue weighted by Crippen LogP contribution is -2.43. The van der Waals surface area contributed by atoms with E-state index in [-0.39, 0.29) is 18.0 Å². The average Bonchev–Trinajstić information content (AvgIpc) is 2.87. The largest absolute Gasteiger partial charge is 0.495 e. The van der Waals surface area contributed by atoms with Gasteiger partial charge < -0.3 is 29.0 Å². The van der Waals surface area contributed by atoms with Crippen LogP contribution >= 0.6 is 12.4 Å². The number of piperidine rings is 1. The monoisotopic (exact) mass is 487 g/mol. The van der Waals surface area contributed by atoms with Gasteiger partial charge in [0.15, 0.2) is 11.5 Å². The molecule has 5 rings (SSSR count). The van der Waals surface area contributed by atoms with Gasteiger partial charge in [-0.25, -0.2) is 0 Å². The Morgan fingerprint density at radius 1 is 1.06 bits per heavy atom. The zero-order valence-corrected chi connectivity index (χ0v) is 20.1. The summed E-state index contributed by atoms with van der Waals surface area (Å²) >= 11 is 0. The minimum atomic E-state index is -0.0129. The molecule has 5 heterocycles. The second-order valence-electron chi connectivity index (χ2n) is 8.42. The van der Waals surface area contributed by atoms with E-state index in [0.717, 1.165) is 60.7 Å². The second-order valence-corrected chi connectivity index (χ2v) is 8.42. The van der Waals surface area contributed by atoms with Crippen molar-refractivity contribution in [1.82, 2.24) is 24.8 Å². The van der Waals surface area contributed by atoms with E-state index in [1.807, 2.05) is 12.1 Å². The minimum Gasteiger partial charge on any atom is -0.495 e. The number of pyridine rings is 3. The molecule has 3 aromatic heterocycles. The maximum Gasteiger partial charge on any atom is 0.251 e. The molecule has 0 unspecified atom stereocenters. The number of ether oxygens (including phenoxy) is 3. The van der Waals surface area contributed by atoms with Crippen molar-refractivity contribution in [2.75, 3.05) is 40.0 Å². The van der Waals surface area contributed by atoms with Crippen LogP contribution < -0.4 is 25.1 Å². The number of halogens is 1. The molecule has 0 spiro atoms. The van der Waals surface area contributed by atoms with E-state index in [4.69, 9.17) is 14.2 Å². The average molecular weight is 488 g/mol. The Morgan fingerprint density at radius 3 is 2.65 bits per heavy atom. The summed E-state index contributed by atoms with van der Waals surface area (Å²) in [5.41, 5.74) is 2.55. The van der Waals surface area contributed by atoms with Crippen molar-refractivity contribution in [2.45, 2.75) is 32.0 Å². The number of likely N-dealkylation sites (tertiary alicyclic amines) is 1. The van der Waals surface area contributed by atoms with Gasteiger partial charge in [-0.15, -0.1) is 12.4 Å². The Bertz CT molecular complexity index is 1180. The van der Waals surface area contributed by atoms with Crippen LogP contribution in [-0.2, 0) is 13.1 Å². The van der Waals surface area contributed by atoms with Gasteiger partial charge in [-0.3, -0.25) is 14.8 Å². The summed E-state index contributed by atoms with van der Waals surface area (Å²) in [5.74, 6) is 2.15. The topological polar surface area (TPSA) is 90.7 Å². The van der Waals surface area contributed by atoms with Crippen molar-refractivity contribution in [2.24, 2.45) is 0 Å². The zero-order chi connectivity index (χ0) is 22.6. The number of methoxy groups -OCH3 is 1. The molecule has 0 saturated carbocycles. The maximum absolute atomic E-state index is 12.5. The predicted octanol–water partition coefficient (Wildman–Crippen LogP) is 2.25. The van der Waals surface area contributed by atoms with Crippen LogP contribution in [0.2, 0.25) is 0 Å². The van der Waals surface area contributed by atoms with E-state index in [9.17, 15) is 4.79 Å². The van der Waals surface area contributed by atoms with Crippen molar-refractivity contribution < 1.29 is 14.2 Å². The van der Waals surface area contributed by atoms with Gasteiger partial charge in [-0.05, 0) is 32.0 Å². The lowest BCUT2D eigenvalue weighted by Gasteiger charge is -2.32. The highest BCUT2D eigenvalue weighted by Crippen LogP contribution is 2.29. The van der Waals surface area contributed by atoms with Gasteiger partial charge in [-0.1, -0.05) is 0 Å². The highest BCUT2D eigenvalue weighted by Gasteiger charge is 2.20. The number of nitrogens with one attached hydrogen (secondary N) is 1. The van der Waals surface area contributed by atoms with Crippen molar-refractivity contribution in [3.8, 4) is 17.2 Å². The summed E-state index contributed by atoms with van der Waals surface area (Å²) in [6.45, 7) is 5.31. The summed E-state index contributed by atoms with van der Waals surface area (Å²) in [4.78, 5) is 23.8. The van der Waals surface area contributed by atoms with Crippen LogP contribution in [0, 0.1) is 0 Å². The van der Waals surface area contributed by atoms with Gasteiger partial charge in [0.25, 0.3) is 5.56 Å². The maximum atomic E-state index is 12.5. The molecule has 2 aliphatic heterocycles. The number of fused-ring (bicyclic) bond motifs is 2. The molecule has 34 heavy (non-hydrogen) atoms. The summed E-state index contributed by atoms with van der Waals surface area (Å²) in [6, 6.07) is 7.64. The molecule has 10 heteroatoms. The third-order valence-corrected chi connectivity index (χ3v) is 6.33. The summed E-state index contributed by atoms with van der Waals surface area (Å²) in [5, 5.41) is 3.62. The quantitative estimate of drug-likeness (QED) is 0.542. The number of hydrogen-bond donors (Lipinski definition) is 1. The summed E-state index contributed by atoms with van der Waals surface area (Å²) in [6.07, 6.45) is 5.54. The molecular formula is C24H30ClN5O4. The zero-order valence-electron chi connectivity index (χ0n) is 19.2. The molecule has 1 N–H and O–H groups in total. The van der Waals surface area contributed by atoms with Crippen molar-refractivity contribution in [3.05, 3.63) is 52.7 Å². The molecule has 1 fully saturated rings. The molecule has 0 aromatic carbocycles. The van der Waals surface area contributed by atoms with Gasteiger partial charge in [0.1, 0.15) is 19.0 Å². The van der Waals surface area contributed by atoms with E-state index >= 15 is 0 Å². The fourth-order valence-corrected chi connectivity index (χ4v) is 4.43. The Kier molecular flexibility index (Phi) is 7.87. The summed E-state index contributed by atoms with van der Waals surface area (Å²) < 4.78 is 18.3. The molecule has 0 amide bonds. The highest BCUT2D eigenvalue weighted by atomic mass is 35.5. The van der Waals surface area contributed by atoms with Gasteiger partial charge in [0.05, 0.1) is 36.2 Å². The predicted molar refractivity (Wildman–Crippen MR) is 131 cm³/mol. The summed E-state index contributed by atoms with van der Waals surface area (Å²) in [7, 11) is 1.61. The van der Waals surface area contributed by atoms with Crippen LogP contribution in [0.25, 0.3) is 11.0 Å². The van der Waals surface area contributed by atoms with Crippen LogP contribution in [0.3, 0.4) is 0 Å². The van der Waals surface area contributed by atoms with Crippen molar-refractivity contribution in [1.29, 1.82) is 0 Å². The van der Waals surface area contributed by atoms with Crippen LogP contribution in [0.15, 0.2) is 41.5 Å². The van der Waals surface area contributed by atoms with Gasteiger partial charge in [-0.2, -0.15) is 0 Å². The molecule has 2 aliphatic rings.